The SMILES string of the molecule is C=CCN1CC(=O)Nc2cc(Cl)ccc21. The van der Waals surface area contributed by atoms with Gasteiger partial charge in [-0.1, -0.05) is 17.7 Å². The first-order valence-corrected chi connectivity index (χ1v) is 5.04. The summed E-state index contributed by atoms with van der Waals surface area (Å²) < 4.78 is 0. The Morgan fingerprint density at radius 2 is 2.40 bits per heavy atom. The molecule has 0 aliphatic carbocycles. The Bertz CT molecular complexity index is 417. The van der Waals surface area contributed by atoms with Gasteiger partial charge in [0.2, 0.25) is 5.91 Å². The number of fused-ring (bicyclic) bond motifs is 1. The highest BCUT2D eigenvalue weighted by Gasteiger charge is 2.20. The van der Waals surface area contributed by atoms with Crippen molar-refractivity contribution in [1.82, 2.24) is 0 Å². The van der Waals surface area contributed by atoms with Gasteiger partial charge in [-0.15, -0.1) is 6.58 Å². The average molecular weight is 223 g/mol. The number of hydrogen-bond donors (Lipinski definition) is 1. The standard InChI is InChI=1S/C11H11ClN2O/c1-2-5-14-7-11(15)13-9-6-8(12)3-4-10(9)14/h2-4,6H,1,5,7H2,(H,13,15). The van der Waals surface area contributed by atoms with Crippen molar-refractivity contribution < 1.29 is 4.79 Å². The Labute approximate surface area is 93.3 Å². The molecule has 3 nitrogen and oxygen atoms in total. The highest BCUT2D eigenvalue weighted by Crippen LogP contribution is 2.31. The number of nitrogens with one attached hydrogen (secondary N) is 1. The number of nitrogens with zero attached hydrogens (tertiary/aromatic N) is 1. The van der Waals surface area contributed by atoms with E-state index in [2.05, 4.69) is 11.9 Å². The second kappa shape index (κ2) is 3.95. The molecule has 0 aromatic heterocycles. The first kappa shape index (κ1) is 10.1. The summed E-state index contributed by atoms with van der Waals surface area (Å²) in [6.45, 7) is 4.69. The van der Waals surface area contributed by atoms with Crippen LogP contribution in [0.3, 0.4) is 0 Å². The van der Waals surface area contributed by atoms with Gasteiger partial charge in [0.25, 0.3) is 0 Å². The molecule has 15 heavy (non-hydrogen) atoms. The van der Waals surface area contributed by atoms with Crippen LogP contribution < -0.4 is 10.2 Å². The van der Waals surface area contributed by atoms with E-state index in [1.54, 1.807) is 12.1 Å². The van der Waals surface area contributed by atoms with Crippen molar-refractivity contribution in [3.63, 3.8) is 0 Å². The van der Waals surface area contributed by atoms with E-state index in [-0.39, 0.29) is 5.91 Å². The van der Waals surface area contributed by atoms with Gasteiger partial charge in [0.15, 0.2) is 0 Å². The predicted octanol–water partition coefficient (Wildman–Crippen LogP) is 2.28. The maximum Gasteiger partial charge on any atom is 0.243 e. The molecule has 0 bridgehead atoms. The maximum absolute atomic E-state index is 11.4. The quantitative estimate of drug-likeness (QED) is 0.779. The number of rotatable bonds is 2. The largest absolute Gasteiger partial charge is 0.357 e. The zero-order valence-corrected chi connectivity index (χ0v) is 8.92. The minimum absolute atomic E-state index is 0.0217. The van der Waals surface area contributed by atoms with Crippen LogP contribution in [0, 0.1) is 0 Å². The summed E-state index contributed by atoms with van der Waals surface area (Å²) in [5.41, 5.74) is 1.75. The van der Waals surface area contributed by atoms with Crippen LogP contribution in [0.5, 0.6) is 0 Å². The topological polar surface area (TPSA) is 32.3 Å². The van der Waals surface area contributed by atoms with Gasteiger partial charge in [-0.25, -0.2) is 0 Å². The van der Waals surface area contributed by atoms with Crippen molar-refractivity contribution in [3.8, 4) is 0 Å². The van der Waals surface area contributed by atoms with E-state index in [1.165, 1.54) is 0 Å². The molecule has 4 heteroatoms. The lowest BCUT2D eigenvalue weighted by atomic mass is 10.2. The first-order valence-electron chi connectivity index (χ1n) is 4.66. The Morgan fingerprint density at radius 3 is 3.13 bits per heavy atom. The van der Waals surface area contributed by atoms with Gasteiger partial charge < -0.3 is 10.2 Å². The van der Waals surface area contributed by atoms with Crippen molar-refractivity contribution in [2.45, 2.75) is 0 Å². The zero-order chi connectivity index (χ0) is 10.8. The molecule has 78 valence electrons. The van der Waals surface area contributed by atoms with E-state index in [0.29, 0.717) is 18.1 Å². The summed E-state index contributed by atoms with van der Waals surface area (Å²) in [6, 6.07) is 5.47. The van der Waals surface area contributed by atoms with Gasteiger partial charge in [-0.05, 0) is 18.2 Å². The number of hydrogen-bond acceptors (Lipinski definition) is 2. The summed E-state index contributed by atoms with van der Waals surface area (Å²) >= 11 is 5.86. The number of benzene rings is 1. The Morgan fingerprint density at radius 1 is 1.60 bits per heavy atom. The van der Waals surface area contributed by atoms with E-state index in [9.17, 15) is 4.79 Å². The summed E-state index contributed by atoms with van der Waals surface area (Å²) in [5, 5.41) is 3.41. The number of carbonyl (C=O) groups excluding carboxylic acids is 1. The van der Waals surface area contributed by atoms with E-state index in [1.807, 2.05) is 17.0 Å². The third-order valence-electron chi connectivity index (χ3n) is 2.26. The predicted molar refractivity (Wildman–Crippen MR) is 62.5 cm³/mol. The van der Waals surface area contributed by atoms with Crippen LogP contribution in [0.25, 0.3) is 0 Å². The van der Waals surface area contributed by atoms with Gasteiger partial charge in [-0.3, -0.25) is 4.79 Å². The summed E-state index contributed by atoms with van der Waals surface area (Å²) in [4.78, 5) is 13.3. The third-order valence-corrected chi connectivity index (χ3v) is 2.49. The van der Waals surface area contributed by atoms with Gasteiger partial charge in [0.1, 0.15) is 0 Å². The van der Waals surface area contributed by atoms with E-state index in [0.717, 1.165) is 11.4 Å². The Kier molecular flexibility index (Phi) is 2.64. The lowest BCUT2D eigenvalue weighted by molar-refractivity contribution is -0.115. The van der Waals surface area contributed by atoms with Gasteiger partial charge in [0.05, 0.1) is 17.9 Å². The van der Waals surface area contributed by atoms with Crippen molar-refractivity contribution in [2.75, 3.05) is 23.3 Å². The van der Waals surface area contributed by atoms with E-state index < -0.39 is 0 Å². The molecule has 1 N–H and O–H groups in total. The molecule has 1 amide bonds. The highest BCUT2D eigenvalue weighted by molar-refractivity contribution is 6.31. The normalized spacial score (nSPS) is 14.5. The van der Waals surface area contributed by atoms with Crippen molar-refractivity contribution in [3.05, 3.63) is 35.9 Å². The molecule has 1 heterocycles. The van der Waals surface area contributed by atoms with Crippen LogP contribution in [-0.4, -0.2) is 19.0 Å². The summed E-state index contributed by atoms with van der Waals surface area (Å²) in [5.74, 6) is -0.0217. The molecule has 1 aliphatic heterocycles. The lowest BCUT2D eigenvalue weighted by Crippen LogP contribution is -2.38. The summed E-state index contributed by atoms with van der Waals surface area (Å²) in [6.07, 6.45) is 1.77. The fourth-order valence-electron chi connectivity index (χ4n) is 1.65. The van der Waals surface area contributed by atoms with Crippen molar-refractivity contribution in [2.24, 2.45) is 0 Å². The monoisotopic (exact) mass is 222 g/mol. The third kappa shape index (κ3) is 1.97. The van der Waals surface area contributed by atoms with Crippen LogP contribution in [0.15, 0.2) is 30.9 Å². The number of amides is 1. The molecular formula is C11H11ClN2O. The van der Waals surface area contributed by atoms with Crippen molar-refractivity contribution >= 4 is 28.9 Å². The van der Waals surface area contributed by atoms with Gasteiger partial charge in [-0.2, -0.15) is 0 Å². The number of anilines is 2. The maximum atomic E-state index is 11.4. The molecule has 2 rings (SSSR count). The first-order chi connectivity index (χ1) is 7.20. The molecule has 0 saturated heterocycles. The summed E-state index contributed by atoms with van der Waals surface area (Å²) in [7, 11) is 0. The van der Waals surface area contributed by atoms with E-state index in [4.69, 9.17) is 11.6 Å². The molecule has 0 fully saturated rings. The zero-order valence-electron chi connectivity index (χ0n) is 8.16. The molecule has 1 aliphatic rings. The van der Waals surface area contributed by atoms with Crippen LogP contribution in [-0.2, 0) is 4.79 Å². The fraction of sp³-hybridized carbons (Fsp3) is 0.182. The molecule has 0 unspecified atom stereocenters. The smallest absolute Gasteiger partial charge is 0.243 e. The molecule has 0 saturated carbocycles. The van der Waals surface area contributed by atoms with Gasteiger partial charge in [0, 0.05) is 11.6 Å². The van der Waals surface area contributed by atoms with Crippen LogP contribution in [0.4, 0.5) is 11.4 Å². The Balaban J connectivity index is 2.41. The Hall–Kier alpha value is -1.48. The molecule has 0 atom stereocenters. The minimum Gasteiger partial charge on any atom is -0.357 e. The molecular weight excluding hydrogens is 212 g/mol. The minimum atomic E-state index is -0.0217. The van der Waals surface area contributed by atoms with Gasteiger partial charge >= 0.3 is 0 Å². The molecule has 0 spiro atoms. The average Bonchev–Trinajstić information content (AvgIpc) is 2.17. The van der Waals surface area contributed by atoms with Crippen LogP contribution in [0.1, 0.15) is 0 Å². The van der Waals surface area contributed by atoms with Crippen molar-refractivity contribution in [1.29, 1.82) is 0 Å². The molecule has 1 aromatic carbocycles. The van der Waals surface area contributed by atoms with Crippen LogP contribution >= 0.6 is 11.6 Å². The highest BCUT2D eigenvalue weighted by atomic mass is 35.5. The second-order valence-corrected chi connectivity index (χ2v) is 3.82. The van der Waals surface area contributed by atoms with E-state index >= 15 is 0 Å². The molecule has 0 radical (unpaired) electrons. The lowest BCUT2D eigenvalue weighted by Gasteiger charge is -2.29. The molecule has 1 aromatic rings. The second-order valence-electron chi connectivity index (χ2n) is 3.38. The number of halogens is 1. The number of carbonyl (C=O) groups is 1. The van der Waals surface area contributed by atoms with Crippen LogP contribution in [0.2, 0.25) is 5.02 Å². The fourth-order valence-corrected chi connectivity index (χ4v) is 1.82.